The largest absolute Gasteiger partial charge is 0.364 e. The van der Waals surface area contributed by atoms with Crippen molar-refractivity contribution in [2.45, 2.75) is 0 Å². The molecule has 0 unspecified atom stereocenters. The van der Waals surface area contributed by atoms with Gasteiger partial charge in [-0.2, -0.15) is 5.10 Å². The van der Waals surface area contributed by atoms with Gasteiger partial charge in [-0.05, 0) is 0 Å². The van der Waals surface area contributed by atoms with Crippen LogP contribution in [0.5, 0.6) is 0 Å². The number of rotatable bonds is 3. The fourth-order valence-corrected chi connectivity index (χ4v) is 1.01. The first-order chi connectivity index (χ1) is 7.00. The minimum atomic E-state index is -0.281. The second-order valence-electron chi connectivity index (χ2n) is 3.45. The normalized spacial score (nSPS) is 9.80. The summed E-state index contributed by atoms with van der Waals surface area (Å²) in [6, 6.07) is 1.40. The molecule has 0 saturated carbocycles. The van der Waals surface area contributed by atoms with E-state index in [2.05, 4.69) is 10.2 Å². The molecule has 0 aliphatic rings. The van der Waals surface area contributed by atoms with Crippen LogP contribution in [-0.2, 0) is 4.79 Å². The van der Waals surface area contributed by atoms with Gasteiger partial charge in [0.2, 0.25) is 5.91 Å². The number of nitrogens with one attached hydrogen (secondary N) is 1. The van der Waals surface area contributed by atoms with E-state index in [4.69, 9.17) is 0 Å². The Morgan fingerprint density at radius 2 is 2.13 bits per heavy atom. The lowest BCUT2D eigenvalue weighted by Gasteiger charge is -2.20. The van der Waals surface area contributed by atoms with E-state index >= 15 is 0 Å². The van der Waals surface area contributed by atoms with E-state index in [-0.39, 0.29) is 18.0 Å². The number of anilines is 1. The summed E-state index contributed by atoms with van der Waals surface area (Å²) in [5.41, 5.74) is 0.339. The molecule has 1 aromatic rings. The molecule has 0 atom stereocenters. The van der Waals surface area contributed by atoms with Crippen LogP contribution >= 0.6 is 0 Å². The van der Waals surface area contributed by atoms with Crippen LogP contribution in [0.3, 0.4) is 0 Å². The number of nitrogens with zero attached hydrogens (tertiary/aromatic N) is 3. The summed E-state index contributed by atoms with van der Waals surface area (Å²) < 4.78 is 0. The van der Waals surface area contributed by atoms with Gasteiger partial charge in [0.15, 0.2) is 0 Å². The van der Waals surface area contributed by atoms with Crippen LogP contribution in [0.1, 0.15) is 0 Å². The number of hydrogen-bond acceptors (Lipinski definition) is 4. The molecule has 1 amide bonds. The van der Waals surface area contributed by atoms with Crippen LogP contribution in [0.25, 0.3) is 0 Å². The summed E-state index contributed by atoms with van der Waals surface area (Å²) in [5.74, 6) is -0.0298. The van der Waals surface area contributed by atoms with Gasteiger partial charge in [-0.3, -0.25) is 9.59 Å². The summed E-state index contributed by atoms with van der Waals surface area (Å²) in [6.07, 6.45) is 1.50. The maximum absolute atomic E-state index is 11.4. The van der Waals surface area contributed by atoms with E-state index in [1.54, 1.807) is 26.0 Å². The standard InChI is InChI=1S/C9H14N4O2/c1-12(2)9(15)6-13(3)7-4-8(14)11-10-5-7/h4-5H,6H2,1-3H3,(H,11,14). The van der Waals surface area contributed by atoms with Crippen molar-refractivity contribution in [3.8, 4) is 0 Å². The Bertz CT molecular complexity index is 399. The van der Waals surface area contributed by atoms with E-state index in [0.29, 0.717) is 5.69 Å². The highest BCUT2D eigenvalue weighted by molar-refractivity contribution is 5.80. The van der Waals surface area contributed by atoms with Crippen molar-refractivity contribution in [1.82, 2.24) is 15.1 Å². The zero-order valence-electron chi connectivity index (χ0n) is 9.02. The number of carbonyl (C=O) groups excluding carboxylic acids is 1. The molecule has 82 valence electrons. The van der Waals surface area contributed by atoms with Crippen LogP contribution in [0.4, 0.5) is 5.69 Å². The summed E-state index contributed by atoms with van der Waals surface area (Å²) in [5, 5.41) is 5.93. The second-order valence-corrected chi connectivity index (χ2v) is 3.45. The Morgan fingerprint density at radius 1 is 1.47 bits per heavy atom. The van der Waals surface area contributed by atoms with Gasteiger partial charge in [-0.1, -0.05) is 0 Å². The van der Waals surface area contributed by atoms with Crippen molar-refractivity contribution in [3.63, 3.8) is 0 Å². The molecule has 1 heterocycles. The minimum Gasteiger partial charge on any atom is -0.364 e. The number of likely N-dealkylation sites (N-methyl/N-ethyl adjacent to an activating group) is 2. The van der Waals surface area contributed by atoms with Crippen molar-refractivity contribution in [2.24, 2.45) is 0 Å². The Labute approximate surface area is 87.5 Å². The predicted octanol–water partition coefficient (Wildman–Crippen LogP) is -0.706. The fourth-order valence-electron chi connectivity index (χ4n) is 1.01. The molecule has 0 aromatic carbocycles. The van der Waals surface area contributed by atoms with Gasteiger partial charge in [0, 0.05) is 27.2 Å². The van der Waals surface area contributed by atoms with E-state index in [1.807, 2.05) is 0 Å². The predicted molar refractivity (Wildman–Crippen MR) is 56.8 cm³/mol. The van der Waals surface area contributed by atoms with Crippen LogP contribution in [0, 0.1) is 0 Å². The van der Waals surface area contributed by atoms with Crippen LogP contribution in [0.2, 0.25) is 0 Å². The van der Waals surface area contributed by atoms with Gasteiger partial charge in [-0.25, -0.2) is 5.10 Å². The maximum Gasteiger partial charge on any atom is 0.266 e. The molecule has 6 nitrogen and oxygen atoms in total. The number of carbonyl (C=O) groups is 1. The molecule has 0 spiro atoms. The maximum atomic E-state index is 11.4. The first-order valence-electron chi connectivity index (χ1n) is 4.46. The van der Waals surface area contributed by atoms with Gasteiger partial charge in [-0.15, -0.1) is 0 Å². The third-order valence-electron chi connectivity index (χ3n) is 1.96. The van der Waals surface area contributed by atoms with E-state index < -0.39 is 0 Å². The first kappa shape index (κ1) is 11.2. The summed E-state index contributed by atoms with van der Waals surface area (Å²) in [6.45, 7) is 0.220. The lowest BCUT2D eigenvalue weighted by molar-refractivity contribution is -0.127. The quantitative estimate of drug-likeness (QED) is 0.716. The number of amides is 1. The first-order valence-corrected chi connectivity index (χ1v) is 4.46. The Balaban J connectivity index is 2.73. The third-order valence-corrected chi connectivity index (χ3v) is 1.96. The molecule has 0 aliphatic carbocycles. The third kappa shape index (κ3) is 3.08. The van der Waals surface area contributed by atoms with Crippen molar-refractivity contribution in [3.05, 3.63) is 22.6 Å². The SMILES string of the molecule is CN(C)C(=O)CN(C)c1cn[nH]c(=O)c1. The Kier molecular flexibility index (Phi) is 3.43. The highest BCUT2D eigenvalue weighted by Crippen LogP contribution is 2.05. The lowest BCUT2D eigenvalue weighted by Crippen LogP contribution is -2.34. The number of aromatic nitrogens is 2. The molecule has 0 fully saturated rings. The van der Waals surface area contributed by atoms with Crippen molar-refractivity contribution >= 4 is 11.6 Å². The molecule has 15 heavy (non-hydrogen) atoms. The smallest absolute Gasteiger partial charge is 0.266 e. The highest BCUT2D eigenvalue weighted by atomic mass is 16.2. The molecule has 0 saturated heterocycles. The molecule has 0 aliphatic heterocycles. The zero-order valence-corrected chi connectivity index (χ0v) is 9.02. The van der Waals surface area contributed by atoms with E-state index in [1.165, 1.54) is 17.2 Å². The minimum absolute atomic E-state index is 0.0298. The van der Waals surface area contributed by atoms with Gasteiger partial charge in [0.1, 0.15) is 0 Å². The number of H-pyrrole nitrogens is 1. The monoisotopic (exact) mass is 210 g/mol. The number of aromatic amines is 1. The molecular formula is C9H14N4O2. The topological polar surface area (TPSA) is 69.3 Å². The number of hydrogen-bond donors (Lipinski definition) is 1. The van der Waals surface area contributed by atoms with Crippen molar-refractivity contribution in [1.29, 1.82) is 0 Å². The van der Waals surface area contributed by atoms with Crippen LogP contribution < -0.4 is 10.5 Å². The lowest BCUT2D eigenvalue weighted by atomic mass is 10.4. The summed E-state index contributed by atoms with van der Waals surface area (Å²) >= 11 is 0. The molecular weight excluding hydrogens is 196 g/mol. The molecule has 1 rings (SSSR count). The van der Waals surface area contributed by atoms with E-state index in [0.717, 1.165) is 0 Å². The second kappa shape index (κ2) is 4.59. The molecule has 6 heteroatoms. The van der Waals surface area contributed by atoms with Gasteiger partial charge in [0.05, 0.1) is 18.4 Å². The highest BCUT2D eigenvalue weighted by Gasteiger charge is 2.09. The van der Waals surface area contributed by atoms with Gasteiger partial charge < -0.3 is 9.80 Å². The average Bonchev–Trinajstić information content (AvgIpc) is 2.17. The van der Waals surface area contributed by atoms with Crippen LogP contribution in [-0.4, -0.2) is 48.7 Å². The van der Waals surface area contributed by atoms with Gasteiger partial charge in [0.25, 0.3) is 5.56 Å². The van der Waals surface area contributed by atoms with E-state index in [9.17, 15) is 9.59 Å². The zero-order chi connectivity index (χ0) is 11.4. The average molecular weight is 210 g/mol. The van der Waals surface area contributed by atoms with Gasteiger partial charge >= 0.3 is 0 Å². The Morgan fingerprint density at radius 3 is 2.67 bits per heavy atom. The fraction of sp³-hybridized carbons (Fsp3) is 0.444. The molecule has 1 N–H and O–H groups in total. The molecule has 1 aromatic heterocycles. The van der Waals surface area contributed by atoms with Crippen molar-refractivity contribution in [2.75, 3.05) is 32.6 Å². The van der Waals surface area contributed by atoms with Crippen molar-refractivity contribution < 1.29 is 4.79 Å². The molecule has 0 radical (unpaired) electrons. The molecule has 0 bridgehead atoms. The summed E-state index contributed by atoms with van der Waals surface area (Å²) in [4.78, 5) is 25.5. The summed E-state index contributed by atoms with van der Waals surface area (Å²) in [7, 11) is 5.11. The Hall–Kier alpha value is -1.85. The van der Waals surface area contributed by atoms with Crippen LogP contribution in [0.15, 0.2) is 17.1 Å².